The third-order valence-electron chi connectivity index (χ3n) is 5.35. The number of hydrogen-bond donors (Lipinski definition) is 1. The van der Waals surface area contributed by atoms with Crippen molar-refractivity contribution >= 4 is 21.6 Å². The van der Waals surface area contributed by atoms with E-state index in [1.807, 2.05) is 19.9 Å². The van der Waals surface area contributed by atoms with Gasteiger partial charge in [-0.1, -0.05) is 38.1 Å². The minimum Gasteiger partial charge on any atom is -0.350 e. The number of amides is 1. The fraction of sp³-hybridized carbons (Fsp3) is 0.435. The van der Waals surface area contributed by atoms with E-state index in [0.29, 0.717) is 12.2 Å². The highest BCUT2D eigenvalue weighted by atomic mass is 32.2. The zero-order valence-electron chi connectivity index (χ0n) is 18.2. The number of benzene rings is 2. The molecule has 1 atom stereocenters. The summed E-state index contributed by atoms with van der Waals surface area (Å²) in [6, 6.07) is 10.9. The van der Waals surface area contributed by atoms with Gasteiger partial charge in [0.1, 0.15) is 6.04 Å². The Balaban J connectivity index is 2.25. The normalized spacial score (nSPS) is 12.5. The standard InChI is InChI=1S/C23H32N2O3S/c1-7-19-10-11-20(8-2)21(14-19)15-24-23(26)18(5)25(29(6,27)28)22-12-9-16(3)17(4)13-22/h9-14,18H,7-8,15H2,1-6H3,(H,24,26). The molecule has 0 fully saturated rings. The van der Waals surface area contributed by atoms with Crippen LogP contribution < -0.4 is 9.62 Å². The molecular weight excluding hydrogens is 384 g/mol. The lowest BCUT2D eigenvalue weighted by Gasteiger charge is -2.29. The third-order valence-corrected chi connectivity index (χ3v) is 6.59. The van der Waals surface area contributed by atoms with Crippen LogP contribution in [0.15, 0.2) is 36.4 Å². The molecule has 1 amide bonds. The van der Waals surface area contributed by atoms with E-state index in [4.69, 9.17) is 0 Å². The molecule has 158 valence electrons. The van der Waals surface area contributed by atoms with Crippen LogP contribution in [0.1, 0.15) is 48.6 Å². The van der Waals surface area contributed by atoms with Gasteiger partial charge in [-0.15, -0.1) is 0 Å². The van der Waals surface area contributed by atoms with Gasteiger partial charge < -0.3 is 5.32 Å². The van der Waals surface area contributed by atoms with Crippen LogP contribution in [0, 0.1) is 13.8 Å². The number of anilines is 1. The van der Waals surface area contributed by atoms with Gasteiger partial charge in [0.2, 0.25) is 15.9 Å². The van der Waals surface area contributed by atoms with Crippen molar-refractivity contribution in [2.24, 2.45) is 0 Å². The average Bonchev–Trinajstić information content (AvgIpc) is 2.67. The minimum atomic E-state index is -3.63. The Morgan fingerprint density at radius 3 is 2.24 bits per heavy atom. The molecule has 0 aromatic heterocycles. The van der Waals surface area contributed by atoms with Gasteiger partial charge in [0.05, 0.1) is 11.9 Å². The summed E-state index contributed by atoms with van der Waals surface area (Å²) < 4.78 is 26.1. The average molecular weight is 417 g/mol. The molecule has 0 aliphatic carbocycles. The summed E-state index contributed by atoms with van der Waals surface area (Å²) in [5, 5.41) is 2.93. The molecule has 5 nitrogen and oxygen atoms in total. The van der Waals surface area contributed by atoms with Crippen molar-refractivity contribution in [2.45, 2.75) is 60.0 Å². The minimum absolute atomic E-state index is 0.322. The largest absolute Gasteiger partial charge is 0.350 e. The van der Waals surface area contributed by atoms with Gasteiger partial charge in [-0.05, 0) is 73.6 Å². The van der Waals surface area contributed by atoms with E-state index in [2.05, 4.69) is 37.4 Å². The number of rotatable bonds is 8. The fourth-order valence-electron chi connectivity index (χ4n) is 3.41. The van der Waals surface area contributed by atoms with E-state index < -0.39 is 16.1 Å². The first-order valence-electron chi connectivity index (χ1n) is 10.0. The van der Waals surface area contributed by atoms with Crippen molar-refractivity contribution in [1.29, 1.82) is 0 Å². The van der Waals surface area contributed by atoms with Gasteiger partial charge in [-0.2, -0.15) is 0 Å². The van der Waals surface area contributed by atoms with Crippen molar-refractivity contribution in [1.82, 2.24) is 5.32 Å². The number of hydrogen-bond acceptors (Lipinski definition) is 3. The molecule has 1 unspecified atom stereocenters. The number of aryl methyl sites for hydroxylation is 4. The van der Waals surface area contributed by atoms with Crippen molar-refractivity contribution in [2.75, 3.05) is 10.6 Å². The number of nitrogens with one attached hydrogen (secondary N) is 1. The molecule has 6 heteroatoms. The van der Waals surface area contributed by atoms with E-state index in [9.17, 15) is 13.2 Å². The predicted octanol–water partition coefficient (Wildman–Crippen LogP) is 3.90. The molecule has 0 radical (unpaired) electrons. The molecule has 0 saturated heterocycles. The summed E-state index contributed by atoms with van der Waals surface area (Å²) in [4.78, 5) is 12.9. The summed E-state index contributed by atoms with van der Waals surface area (Å²) in [5.74, 6) is -0.322. The number of carbonyl (C=O) groups excluding carboxylic acids is 1. The molecule has 0 aliphatic rings. The second-order valence-electron chi connectivity index (χ2n) is 7.53. The van der Waals surface area contributed by atoms with Crippen molar-refractivity contribution in [3.05, 3.63) is 64.2 Å². The molecule has 2 rings (SSSR count). The summed E-state index contributed by atoms with van der Waals surface area (Å²) in [6.07, 6.45) is 2.94. The Morgan fingerprint density at radius 1 is 1.00 bits per heavy atom. The predicted molar refractivity (Wildman–Crippen MR) is 120 cm³/mol. The van der Waals surface area contributed by atoms with Gasteiger partial charge in [0, 0.05) is 6.54 Å². The number of sulfonamides is 1. The first-order chi connectivity index (χ1) is 13.6. The molecule has 1 N–H and O–H groups in total. The third kappa shape index (κ3) is 5.60. The topological polar surface area (TPSA) is 66.5 Å². The molecule has 2 aromatic carbocycles. The highest BCUT2D eigenvalue weighted by Gasteiger charge is 2.29. The highest BCUT2D eigenvalue weighted by molar-refractivity contribution is 7.92. The Labute approximate surface area is 175 Å². The highest BCUT2D eigenvalue weighted by Crippen LogP contribution is 2.24. The zero-order valence-corrected chi connectivity index (χ0v) is 19.1. The smallest absolute Gasteiger partial charge is 0.243 e. The first-order valence-corrected chi connectivity index (χ1v) is 11.9. The zero-order chi connectivity index (χ0) is 21.8. The fourth-order valence-corrected chi connectivity index (χ4v) is 4.58. The Bertz CT molecular complexity index is 984. The van der Waals surface area contributed by atoms with Crippen LogP contribution in [0.5, 0.6) is 0 Å². The SMILES string of the molecule is CCc1ccc(CC)c(CNC(=O)C(C)N(c2ccc(C)c(C)c2)S(C)(=O)=O)c1. The van der Waals surface area contributed by atoms with Crippen LogP contribution >= 0.6 is 0 Å². The molecule has 2 aromatic rings. The van der Waals surface area contributed by atoms with Gasteiger partial charge >= 0.3 is 0 Å². The molecule has 29 heavy (non-hydrogen) atoms. The van der Waals surface area contributed by atoms with E-state index >= 15 is 0 Å². The van der Waals surface area contributed by atoms with E-state index in [-0.39, 0.29) is 5.91 Å². The summed E-state index contributed by atoms with van der Waals surface area (Å²) >= 11 is 0. The molecule has 0 heterocycles. The lowest BCUT2D eigenvalue weighted by atomic mass is 10.0. The van der Waals surface area contributed by atoms with E-state index in [0.717, 1.165) is 35.8 Å². The quantitative estimate of drug-likeness (QED) is 0.710. The van der Waals surface area contributed by atoms with Crippen molar-refractivity contribution < 1.29 is 13.2 Å². The van der Waals surface area contributed by atoms with Crippen LogP contribution in [-0.2, 0) is 34.2 Å². The molecular formula is C23H32N2O3S. The van der Waals surface area contributed by atoms with Crippen LogP contribution in [0.2, 0.25) is 0 Å². The second kappa shape index (κ2) is 9.44. The Hall–Kier alpha value is -2.34. The van der Waals surface area contributed by atoms with Gasteiger partial charge in [-0.3, -0.25) is 9.10 Å². The Morgan fingerprint density at radius 2 is 1.69 bits per heavy atom. The van der Waals surface area contributed by atoms with Crippen LogP contribution in [-0.4, -0.2) is 26.6 Å². The van der Waals surface area contributed by atoms with Crippen molar-refractivity contribution in [3.63, 3.8) is 0 Å². The van der Waals surface area contributed by atoms with E-state index in [1.54, 1.807) is 19.1 Å². The lowest BCUT2D eigenvalue weighted by Crippen LogP contribution is -2.47. The van der Waals surface area contributed by atoms with Crippen LogP contribution in [0.4, 0.5) is 5.69 Å². The monoisotopic (exact) mass is 416 g/mol. The first kappa shape index (κ1) is 22.9. The summed E-state index contributed by atoms with van der Waals surface area (Å²) in [7, 11) is -3.63. The maximum Gasteiger partial charge on any atom is 0.243 e. The lowest BCUT2D eigenvalue weighted by molar-refractivity contribution is -0.122. The van der Waals surface area contributed by atoms with Gasteiger partial charge in [0.15, 0.2) is 0 Å². The molecule has 0 bridgehead atoms. The van der Waals surface area contributed by atoms with Crippen LogP contribution in [0.3, 0.4) is 0 Å². The summed E-state index contributed by atoms with van der Waals surface area (Å²) in [6.45, 7) is 10.1. The number of nitrogens with zero attached hydrogens (tertiary/aromatic N) is 1. The van der Waals surface area contributed by atoms with E-state index in [1.165, 1.54) is 15.4 Å². The molecule has 0 spiro atoms. The maximum absolute atomic E-state index is 12.9. The maximum atomic E-state index is 12.9. The van der Waals surface area contributed by atoms with Crippen molar-refractivity contribution in [3.8, 4) is 0 Å². The Kier molecular flexibility index (Phi) is 7.47. The molecule has 0 saturated carbocycles. The van der Waals surface area contributed by atoms with Gasteiger partial charge in [0.25, 0.3) is 0 Å². The molecule has 0 aliphatic heterocycles. The summed E-state index contributed by atoms with van der Waals surface area (Å²) in [5.41, 5.74) is 6.02. The van der Waals surface area contributed by atoms with Gasteiger partial charge in [-0.25, -0.2) is 8.42 Å². The van der Waals surface area contributed by atoms with Crippen LogP contribution in [0.25, 0.3) is 0 Å². The number of carbonyl (C=O) groups is 1. The second-order valence-corrected chi connectivity index (χ2v) is 9.39.